The molecule has 1 aromatic rings. The van der Waals surface area contributed by atoms with E-state index >= 15 is 0 Å². The van der Waals surface area contributed by atoms with Crippen molar-refractivity contribution in [2.45, 2.75) is 0 Å². The minimum absolute atomic E-state index is 0.114. The van der Waals surface area contributed by atoms with Crippen LogP contribution < -0.4 is 10.2 Å². The van der Waals surface area contributed by atoms with Crippen LogP contribution in [0, 0.1) is 0 Å². The summed E-state index contributed by atoms with van der Waals surface area (Å²) in [4.78, 5) is 24.1. The molecule has 0 fully saturated rings. The van der Waals surface area contributed by atoms with Crippen LogP contribution in [-0.4, -0.2) is 32.2 Å². The number of anilines is 1. The number of carbonyl (C=O) groups is 2. The molecule has 0 aliphatic carbocycles. The van der Waals surface area contributed by atoms with Crippen molar-refractivity contribution in [2.75, 3.05) is 25.1 Å². The summed E-state index contributed by atoms with van der Waals surface area (Å²) in [5.41, 5.74) is 0.759. The monoisotopic (exact) mass is 326 g/mol. The van der Waals surface area contributed by atoms with Gasteiger partial charge in [-0.1, -0.05) is 28.6 Å². The number of rotatable bonds is 5. The molecule has 1 rings (SSSR count). The number of amides is 2. The van der Waals surface area contributed by atoms with Crippen molar-refractivity contribution in [3.05, 3.63) is 41.4 Å². The molecule has 1 N–H and O–H groups in total. The molecular weight excluding hydrogens is 312 g/mol. The van der Waals surface area contributed by atoms with E-state index in [0.29, 0.717) is 0 Å². The lowest BCUT2D eigenvalue weighted by atomic mass is 10.3. The highest BCUT2D eigenvalue weighted by Crippen LogP contribution is 2.18. The number of benzene rings is 1. The second-order valence-corrected chi connectivity index (χ2v) is 4.56. The van der Waals surface area contributed by atoms with Gasteiger partial charge in [0.1, 0.15) is 6.61 Å². The fourth-order valence-corrected chi connectivity index (χ4v) is 1.68. The van der Waals surface area contributed by atoms with Crippen molar-refractivity contribution >= 4 is 33.6 Å². The zero-order valence-corrected chi connectivity index (χ0v) is 12.1. The highest BCUT2D eigenvalue weighted by atomic mass is 79.9. The Morgan fingerprint density at radius 2 is 2.26 bits per heavy atom. The maximum atomic E-state index is 11.8. The van der Waals surface area contributed by atoms with Crippen molar-refractivity contribution in [3.63, 3.8) is 0 Å². The van der Waals surface area contributed by atoms with Crippen LogP contribution in [0.2, 0.25) is 0 Å². The lowest BCUT2D eigenvalue weighted by Crippen LogP contribution is -2.39. The van der Waals surface area contributed by atoms with Crippen LogP contribution in [0.5, 0.6) is 0 Å². The van der Waals surface area contributed by atoms with Gasteiger partial charge in [0.05, 0.1) is 6.54 Å². The van der Waals surface area contributed by atoms with E-state index in [-0.39, 0.29) is 19.2 Å². The van der Waals surface area contributed by atoms with Gasteiger partial charge in [-0.25, -0.2) is 9.59 Å². The first-order chi connectivity index (χ1) is 9.04. The summed E-state index contributed by atoms with van der Waals surface area (Å²) in [6.07, 6.45) is 1.08. The molecule has 0 aliphatic rings. The normalized spacial score (nSPS) is 9.58. The first-order valence-electron chi connectivity index (χ1n) is 5.61. The molecule has 0 bridgehead atoms. The van der Waals surface area contributed by atoms with Crippen molar-refractivity contribution in [3.8, 4) is 0 Å². The fraction of sp³-hybridized carbons (Fsp3) is 0.231. The number of urea groups is 1. The van der Waals surface area contributed by atoms with E-state index in [1.54, 1.807) is 7.05 Å². The fourth-order valence-electron chi connectivity index (χ4n) is 1.29. The first-order valence-corrected chi connectivity index (χ1v) is 6.40. The Balaban J connectivity index is 2.41. The van der Waals surface area contributed by atoms with Crippen molar-refractivity contribution in [1.82, 2.24) is 5.32 Å². The Kier molecular flexibility index (Phi) is 6.08. The number of nitrogens with one attached hydrogen (secondary N) is 1. The molecule has 0 aromatic heterocycles. The summed E-state index contributed by atoms with van der Waals surface area (Å²) in [7, 11) is 1.66. The van der Waals surface area contributed by atoms with Gasteiger partial charge in [-0.3, -0.25) is 4.90 Å². The van der Waals surface area contributed by atoms with Crippen LogP contribution in [0.1, 0.15) is 0 Å². The average Bonchev–Trinajstić information content (AvgIpc) is 2.42. The van der Waals surface area contributed by atoms with E-state index in [0.717, 1.165) is 16.2 Å². The summed E-state index contributed by atoms with van der Waals surface area (Å²) in [6, 6.07) is 7.10. The summed E-state index contributed by atoms with van der Waals surface area (Å²) in [5, 5.41) is 2.64. The average molecular weight is 327 g/mol. The van der Waals surface area contributed by atoms with Crippen LogP contribution in [0.15, 0.2) is 41.4 Å². The SMILES string of the molecule is C=CC(=O)OCCNC(=O)N(C)c1cccc(Br)c1. The highest BCUT2D eigenvalue weighted by molar-refractivity contribution is 9.10. The van der Waals surface area contributed by atoms with E-state index in [9.17, 15) is 9.59 Å². The van der Waals surface area contributed by atoms with Gasteiger partial charge in [-0.15, -0.1) is 0 Å². The molecule has 1 aromatic carbocycles. The lowest BCUT2D eigenvalue weighted by Gasteiger charge is -2.18. The van der Waals surface area contributed by atoms with E-state index < -0.39 is 5.97 Å². The molecule has 0 atom stereocenters. The topological polar surface area (TPSA) is 58.6 Å². The maximum absolute atomic E-state index is 11.8. The predicted molar refractivity (Wildman–Crippen MR) is 77.1 cm³/mol. The summed E-state index contributed by atoms with van der Waals surface area (Å²) in [6.45, 7) is 3.64. The zero-order valence-electron chi connectivity index (χ0n) is 10.6. The van der Waals surface area contributed by atoms with Crippen LogP contribution in [0.3, 0.4) is 0 Å². The number of hydrogen-bond donors (Lipinski definition) is 1. The van der Waals surface area contributed by atoms with Crippen LogP contribution in [0.4, 0.5) is 10.5 Å². The van der Waals surface area contributed by atoms with Crippen molar-refractivity contribution in [2.24, 2.45) is 0 Å². The number of halogens is 1. The summed E-state index contributed by atoms with van der Waals surface area (Å²) in [5.74, 6) is -0.505. The van der Waals surface area contributed by atoms with E-state index in [4.69, 9.17) is 4.74 Å². The van der Waals surface area contributed by atoms with Crippen molar-refractivity contribution in [1.29, 1.82) is 0 Å². The molecule has 0 saturated carbocycles. The highest BCUT2D eigenvalue weighted by Gasteiger charge is 2.10. The first kappa shape index (κ1) is 15.2. The molecule has 0 saturated heterocycles. The number of esters is 1. The maximum Gasteiger partial charge on any atom is 0.330 e. The summed E-state index contributed by atoms with van der Waals surface area (Å²) >= 11 is 3.34. The molecule has 0 aliphatic heterocycles. The molecule has 102 valence electrons. The van der Waals surface area contributed by atoms with Gasteiger partial charge in [-0.05, 0) is 18.2 Å². The van der Waals surface area contributed by atoms with Gasteiger partial charge in [-0.2, -0.15) is 0 Å². The number of carbonyl (C=O) groups excluding carboxylic acids is 2. The Bertz CT molecular complexity index is 477. The molecular formula is C13H15BrN2O3. The van der Waals surface area contributed by atoms with Crippen molar-refractivity contribution < 1.29 is 14.3 Å². The standard InChI is InChI=1S/C13H15BrN2O3/c1-3-12(17)19-8-7-15-13(18)16(2)11-6-4-5-10(14)9-11/h3-6,9H,1,7-8H2,2H3,(H,15,18). The zero-order chi connectivity index (χ0) is 14.3. The minimum Gasteiger partial charge on any atom is -0.461 e. The quantitative estimate of drug-likeness (QED) is 0.513. The summed E-state index contributed by atoms with van der Waals surface area (Å²) < 4.78 is 5.64. The van der Waals surface area contributed by atoms with Crippen LogP contribution in [-0.2, 0) is 9.53 Å². The van der Waals surface area contributed by atoms with E-state index in [1.807, 2.05) is 24.3 Å². The Morgan fingerprint density at radius 1 is 1.53 bits per heavy atom. The molecule has 5 nitrogen and oxygen atoms in total. The minimum atomic E-state index is -0.505. The third-order valence-corrected chi connectivity index (χ3v) is 2.78. The van der Waals surface area contributed by atoms with Gasteiger partial charge in [0.25, 0.3) is 0 Å². The second kappa shape index (κ2) is 7.58. The molecule has 19 heavy (non-hydrogen) atoms. The van der Waals surface area contributed by atoms with Crippen LogP contribution >= 0.6 is 15.9 Å². The van der Waals surface area contributed by atoms with Gasteiger partial charge in [0.2, 0.25) is 0 Å². The third-order valence-electron chi connectivity index (χ3n) is 2.29. The van der Waals surface area contributed by atoms with Gasteiger partial charge in [0, 0.05) is 23.3 Å². The predicted octanol–water partition coefficient (Wildman–Crippen LogP) is 2.32. The van der Waals surface area contributed by atoms with E-state index in [2.05, 4.69) is 27.8 Å². The van der Waals surface area contributed by atoms with Gasteiger partial charge < -0.3 is 10.1 Å². The lowest BCUT2D eigenvalue weighted by molar-refractivity contribution is -0.137. The Morgan fingerprint density at radius 3 is 2.89 bits per heavy atom. The third kappa shape index (κ3) is 5.13. The largest absolute Gasteiger partial charge is 0.461 e. The molecule has 0 unspecified atom stereocenters. The molecule has 0 spiro atoms. The Hall–Kier alpha value is -1.82. The second-order valence-electron chi connectivity index (χ2n) is 3.64. The molecule has 0 radical (unpaired) electrons. The smallest absolute Gasteiger partial charge is 0.330 e. The van der Waals surface area contributed by atoms with Gasteiger partial charge >= 0.3 is 12.0 Å². The van der Waals surface area contributed by atoms with Crippen LogP contribution in [0.25, 0.3) is 0 Å². The number of ether oxygens (including phenoxy) is 1. The molecule has 6 heteroatoms. The Labute approximate surface area is 120 Å². The molecule has 2 amide bonds. The number of hydrogen-bond acceptors (Lipinski definition) is 3. The van der Waals surface area contributed by atoms with E-state index in [1.165, 1.54) is 4.90 Å². The molecule has 0 heterocycles. The van der Waals surface area contributed by atoms with Gasteiger partial charge in [0.15, 0.2) is 0 Å². The number of nitrogens with zero attached hydrogens (tertiary/aromatic N) is 1.